The van der Waals surface area contributed by atoms with E-state index >= 15 is 0 Å². The molecule has 0 unspecified atom stereocenters. The molecule has 0 aliphatic carbocycles. The van der Waals surface area contributed by atoms with E-state index in [-0.39, 0.29) is 25.7 Å². The molecule has 30 heavy (non-hydrogen) atoms. The van der Waals surface area contributed by atoms with Crippen LogP contribution in [-0.4, -0.2) is 52.3 Å². The lowest BCUT2D eigenvalue weighted by molar-refractivity contribution is -0.425. The third-order valence-electron chi connectivity index (χ3n) is 4.21. The first-order valence-electron chi connectivity index (χ1n) is 9.17. The number of alkyl halides is 8. The van der Waals surface area contributed by atoms with Gasteiger partial charge in [0.15, 0.2) is 0 Å². The van der Waals surface area contributed by atoms with E-state index in [1.165, 1.54) is 0 Å². The zero-order valence-corrected chi connectivity index (χ0v) is 17.7. The van der Waals surface area contributed by atoms with Gasteiger partial charge in [-0.3, -0.25) is 0 Å². The molecular weight excluding hydrogens is 444 g/mol. The van der Waals surface area contributed by atoms with Gasteiger partial charge in [-0.15, -0.1) is 0 Å². The third-order valence-corrected chi connectivity index (χ3v) is 7.95. The highest BCUT2D eigenvalue weighted by molar-refractivity contribution is 6.81. The van der Waals surface area contributed by atoms with Gasteiger partial charge in [0.1, 0.15) is 0 Å². The lowest BCUT2D eigenvalue weighted by Gasteiger charge is -2.35. The van der Waals surface area contributed by atoms with E-state index in [0.717, 1.165) is 0 Å². The maximum absolute atomic E-state index is 13.6. The third kappa shape index (κ3) is 5.51. The summed E-state index contributed by atoms with van der Waals surface area (Å²) in [6, 6.07) is 8.52. The SMILES string of the molecule is CCO[Si](CCCOC(F)(F)C(F)(F)C(F)(F)C(C)(F)F)(OCC)c1ccccc1. The Morgan fingerprint density at radius 3 is 1.73 bits per heavy atom. The van der Waals surface area contributed by atoms with E-state index in [0.29, 0.717) is 5.19 Å². The highest BCUT2D eigenvalue weighted by Gasteiger charge is 2.80. The summed E-state index contributed by atoms with van der Waals surface area (Å²) in [6.45, 7) is 2.13. The number of rotatable bonds is 13. The fourth-order valence-electron chi connectivity index (χ4n) is 2.71. The lowest BCUT2D eigenvalue weighted by atomic mass is 10.1. The number of halogens is 8. The summed E-state index contributed by atoms with van der Waals surface area (Å²) in [7, 11) is -3.16. The summed E-state index contributed by atoms with van der Waals surface area (Å²) in [5.41, 5.74) is 0. The van der Waals surface area contributed by atoms with Gasteiger partial charge >= 0.3 is 32.4 Å². The minimum atomic E-state index is -6.42. The first kappa shape index (κ1) is 26.8. The second-order valence-electron chi connectivity index (χ2n) is 6.49. The van der Waals surface area contributed by atoms with Crippen molar-refractivity contribution >= 4 is 13.7 Å². The van der Waals surface area contributed by atoms with Crippen molar-refractivity contribution in [2.24, 2.45) is 0 Å². The summed E-state index contributed by atoms with van der Waals surface area (Å²) >= 11 is 0. The minimum absolute atomic E-state index is 0.0132. The highest BCUT2D eigenvalue weighted by atomic mass is 28.4. The molecule has 0 saturated heterocycles. The quantitative estimate of drug-likeness (QED) is 0.222. The Hall–Kier alpha value is -1.24. The maximum atomic E-state index is 13.6. The zero-order valence-electron chi connectivity index (χ0n) is 16.7. The molecule has 174 valence electrons. The van der Waals surface area contributed by atoms with Crippen LogP contribution in [0.1, 0.15) is 27.2 Å². The molecule has 0 N–H and O–H groups in total. The molecule has 0 atom stereocenters. The van der Waals surface area contributed by atoms with Gasteiger partial charge in [0.05, 0.1) is 6.61 Å². The maximum Gasteiger partial charge on any atom is 0.426 e. The Morgan fingerprint density at radius 1 is 0.800 bits per heavy atom. The van der Waals surface area contributed by atoms with Crippen LogP contribution in [0.4, 0.5) is 35.1 Å². The van der Waals surface area contributed by atoms with Crippen LogP contribution in [0.15, 0.2) is 30.3 Å². The van der Waals surface area contributed by atoms with E-state index < -0.39 is 46.0 Å². The summed E-state index contributed by atoms with van der Waals surface area (Å²) < 4.78 is 121. The van der Waals surface area contributed by atoms with Gasteiger partial charge in [0, 0.05) is 20.1 Å². The number of benzene rings is 1. The molecule has 1 rings (SSSR count). The molecule has 0 aromatic heterocycles. The van der Waals surface area contributed by atoms with E-state index in [4.69, 9.17) is 8.85 Å². The molecule has 0 heterocycles. The van der Waals surface area contributed by atoms with Crippen molar-refractivity contribution in [2.45, 2.75) is 57.1 Å². The van der Waals surface area contributed by atoms with Crippen LogP contribution in [0.5, 0.6) is 0 Å². The number of hydrogen-bond donors (Lipinski definition) is 0. The van der Waals surface area contributed by atoms with Crippen molar-refractivity contribution in [1.82, 2.24) is 0 Å². The summed E-state index contributed by atoms with van der Waals surface area (Å²) in [6.07, 6.45) is -6.13. The predicted octanol–water partition coefficient (Wildman–Crippen LogP) is 5.33. The molecular formula is C18H24F8O3Si. The van der Waals surface area contributed by atoms with Gasteiger partial charge in [-0.2, -0.15) is 35.1 Å². The van der Waals surface area contributed by atoms with Crippen molar-refractivity contribution in [2.75, 3.05) is 19.8 Å². The van der Waals surface area contributed by atoms with E-state index in [2.05, 4.69) is 4.74 Å². The Morgan fingerprint density at radius 2 is 1.30 bits per heavy atom. The normalized spacial score (nSPS) is 14.2. The molecule has 12 heteroatoms. The van der Waals surface area contributed by atoms with Crippen molar-refractivity contribution in [3.8, 4) is 0 Å². The molecule has 0 aliphatic heterocycles. The second-order valence-corrected chi connectivity index (χ2v) is 9.65. The van der Waals surface area contributed by atoms with Crippen LogP contribution in [0.2, 0.25) is 6.04 Å². The van der Waals surface area contributed by atoms with Crippen molar-refractivity contribution in [3.05, 3.63) is 30.3 Å². The molecule has 0 aliphatic rings. The molecule has 0 radical (unpaired) electrons. The summed E-state index contributed by atoms with van der Waals surface area (Å²) in [5.74, 6) is -18.1. The van der Waals surface area contributed by atoms with Crippen LogP contribution in [0.3, 0.4) is 0 Å². The molecule has 0 spiro atoms. The smallest absolute Gasteiger partial charge is 0.391 e. The van der Waals surface area contributed by atoms with Crippen molar-refractivity contribution in [1.29, 1.82) is 0 Å². The largest absolute Gasteiger partial charge is 0.426 e. The Balaban J connectivity index is 2.92. The van der Waals surface area contributed by atoms with Crippen LogP contribution >= 0.6 is 0 Å². The fraction of sp³-hybridized carbons (Fsp3) is 0.667. The topological polar surface area (TPSA) is 27.7 Å². The average Bonchev–Trinajstić information content (AvgIpc) is 2.65. The Labute approximate surface area is 170 Å². The van der Waals surface area contributed by atoms with Gasteiger partial charge in [-0.1, -0.05) is 30.3 Å². The number of hydrogen-bond acceptors (Lipinski definition) is 3. The van der Waals surface area contributed by atoms with Crippen LogP contribution in [0.25, 0.3) is 0 Å². The van der Waals surface area contributed by atoms with Gasteiger partial charge in [-0.05, 0) is 31.5 Å². The second kappa shape index (κ2) is 9.92. The Kier molecular flexibility index (Phi) is 8.86. The summed E-state index contributed by atoms with van der Waals surface area (Å²) in [4.78, 5) is 0. The van der Waals surface area contributed by atoms with Gasteiger partial charge in [0.2, 0.25) is 0 Å². The highest BCUT2D eigenvalue weighted by Crippen LogP contribution is 2.52. The van der Waals surface area contributed by atoms with Crippen LogP contribution in [0, 0.1) is 0 Å². The van der Waals surface area contributed by atoms with Crippen molar-refractivity contribution in [3.63, 3.8) is 0 Å². The molecule has 3 nitrogen and oxygen atoms in total. The van der Waals surface area contributed by atoms with E-state index in [9.17, 15) is 35.1 Å². The molecule has 0 bridgehead atoms. The molecule has 0 amide bonds. The average molecular weight is 468 g/mol. The first-order valence-corrected chi connectivity index (χ1v) is 11.2. The van der Waals surface area contributed by atoms with E-state index in [1.807, 2.05) is 0 Å². The lowest BCUT2D eigenvalue weighted by Crippen LogP contribution is -2.62. The molecule has 1 aromatic carbocycles. The minimum Gasteiger partial charge on any atom is -0.391 e. The fourth-order valence-corrected chi connectivity index (χ4v) is 5.95. The van der Waals surface area contributed by atoms with Crippen molar-refractivity contribution < 1.29 is 48.7 Å². The van der Waals surface area contributed by atoms with Gasteiger partial charge < -0.3 is 13.6 Å². The molecule has 1 aromatic rings. The monoisotopic (exact) mass is 468 g/mol. The van der Waals surface area contributed by atoms with Gasteiger partial charge in [0.25, 0.3) is 0 Å². The standard InChI is InChI=1S/C18H24F8O3Si/c1-4-28-30(29-5-2,14-10-7-6-8-11-14)13-9-12-27-18(25,26)17(23,24)16(21,22)15(3,19)20/h6-8,10-11H,4-5,9,12-13H2,1-3H3. The van der Waals surface area contributed by atoms with Gasteiger partial charge in [-0.25, -0.2) is 0 Å². The predicted molar refractivity (Wildman–Crippen MR) is 95.9 cm³/mol. The number of ether oxygens (including phenoxy) is 1. The van der Waals surface area contributed by atoms with Crippen LogP contribution in [-0.2, 0) is 13.6 Å². The Bertz CT molecular complexity index is 647. The van der Waals surface area contributed by atoms with E-state index in [1.54, 1.807) is 44.2 Å². The zero-order chi connectivity index (χ0) is 23.3. The molecule has 0 fully saturated rings. The van der Waals surface area contributed by atoms with Crippen LogP contribution < -0.4 is 5.19 Å². The molecule has 0 saturated carbocycles. The first-order chi connectivity index (χ1) is 13.7. The summed E-state index contributed by atoms with van der Waals surface area (Å²) in [5, 5.41) is 0.656.